The Morgan fingerprint density at radius 1 is 1.05 bits per heavy atom. The molecule has 1 aliphatic heterocycles. The minimum absolute atomic E-state index is 0.0401. The first-order chi connectivity index (χ1) is 19.5. The van der Waals surface area contributed by atoms with E-state index in [0.717, 1.165) is 0 Å². The van der Waals surface area contributed by atoms with E-state index in [1.807, 2.05) is 32.6 Å². The second kappa shape index (κ2) is 12.1. The van der Waals surface area contributed by atoms with Crippen LogP contribution < -0.4 is 10.6 Å². The summed E-state index contributed by atoms with van der Waals surface area (Å²) in [6.07, 6.45) is 5.61. The Hall–Kier alpha value is -4.18. The van der Waals surface area contributed by atoms with Crippen molar-refractivity contribution in [3.05, 3.63) is 88.8 Å². The number of amides is 1. The largest absolute Gasteiger partial charge is 0.355 e. The van der Waals surface area contributed by atoms with Gasteiger partial charge in [-0.05, 0) is 24.0 Å². The first-order valence-corrected chi connectivity index (χ1v) is 13.7. The van der Waals surface area contributed by atoms with Gasteiger partial charge in [0, 0.05) is 31.8 Å². The molecule has 1 amide bonds. The van der Waals surface area contributed by atoms with Crippen LogP contribution in [0.25, 0.3) is 22.3 Å². The highest BCUT2D eigenvalue weighted by atomic mass is 35.5. The molecule has 0 N–H and O–H groups in total. The average molecular weight is 578 g/mol. The first kappa shape index (κ1) is 29.8. The van der Waals surface area contributed by atoms with Crippen molar-refractivity contribution >= 4 is 39.9 Å². The zero-order chi connectivity index (χ0) is 30.0. The van der Waals surface area contributed by atoms with Gasteiger partial charge in [0.1, 0.15) is 18.0 Å². The number of pyridine rings is 1. The van der Waals surface area contributed by atoms with E-state index in [1.165, 1.54) is 29.1 Å². The van der Waals surface area contributed by atoms with Gasteiger partial charge in [-0.2, -0.15) is 4.98 Å². The van der Waals surface area contributed by atoms with Crippen molar-refractivity contribution in [3.63, 3.8) is 0 Å². The van der Waals surface area contributed by atoms with Crippen molar-refractivity contribution < 1.29 is 9.18 Å². The average Bonchev–Trinajstić information content (AvgIpc) is 2.94. The number of rotatable bonds is 8. The number of anilines is 1. The molecule has 0 radical (unpaired) electrons. The first-order valence-electron chi connectivity index (χ1n) is 13.3. The summed E-state index contributed by atoms with van der Waals surface area (Å²) in [6, 6.07) is 1.63. The van der Waals surface area contributed by atoms with Gasteiger partial charge in [0.05, 0.1) is 33.2 Å². The van der Waals surface area contributed by atoms with Gasteiger partial charge in [-0.15, -0.1) is 0 Å². The fraction of sp³-hybridized carbons (Fsp3) is 0.333. The fourth-order valence-electron chi connectivity index (χ4n) is 4.90. The summed E-state index contributed by atoms with van der Waals surface area (Å²) in [4.78, 5) is 48.0. The second-order valence-corrected chi connectivity index (χ2v) is 10.7. The molecule has 1 saturated heterocycles. The Balaban J connectivity index is 2.09. The summed E-state index contributed by atoms with van der Waals surface area (Å²) < 4.78 is 16.0. The Morgan fingerprint density at radius 2 is 1.66 bits per heavy atom. The molecule has 214 valence electrons. The van der Waals surface area contributed by atoms with Gasteiger partial charge in [-0.3, -0.25) is 4.79 Å². The summed E-state index contributed by atoms with van der Waals surface area (Å²) in [5, 5.41) is 0.633. The van der Waals surface area contributed by atoms with Crippen molar-refractivity contribution in [1.29, 1.82) is 0 Å². The second-order valence-electron chi connectivity index (χ2n) is 10.3. The molecule has 0 aromatic carbocycles. The Kier molecular flexibility index (Phi) is 8.82. The molecule has 0 spiro atoms. The molecule has 0 aliphatic carbocycles. The summed E-state index contributed by atoms with van der Waals surface area (Å²) in [5.41, 5.74) is 1.55. The third-order valence-electron chi connectivity index (χ3n) is 6.90. The van der Waals surface area contributed by atoms with Crippen LogP contribution in [0.4, 0.5) is 10.2 Å². The van der Waals surface area contributed by atoms with Crippen molar-refractivity contribution in [2.24, 2.45) is 0 Å². The highest BCUT2D eigenvalue weighted by molar-refractivity contribution is 6.33. The van der Waals surface area contributed by atoms with Crippen molar-refractivity contribution in [2.75, 3.05) is 31.1 Å². The lowest BCUT2D eigenvalue weighted by atomic mass is 10.0. The molecule has 3 aromatic rings. The maximum atomic E-state index is 14.6. The van der Waals surface area contributed by atoms with Crippen molar-refractivity contribution in [3.8, 4) is 5.69 Å². The number of fused-ring (bicyclic) bond motifs is 1. The van der Waals surface area contributed by atoms with Crippen LogP contribution in [0.1, 0.15) is 56.6 Å². The number of halogens is 2. The molecule has 1 fully saturated rings. The number of aromatic nitrogens is 5. The number of nitrogens with zero attached hydrogens (tertiary/aromatic N) is 7. The lowest BCUT2D eigenvalue weighted by Crippen LogP contribution is -2.49. The van der Waals surface area contributed by atoms with E-state index in [2.05, 4.69) is 34.7 Å². The molecule has 0 unspecified atom stereocenters. The van der Waals surface area contributed by atoms with E-state index in [0.29, 0.717) is 54.5 Å². The zero-order valence-electron chi connectivity index (χ0n) is 23.7. The summed E-state index contributed by atoms with van der Waals surface area (Å²) in [6.45, 7) is 20.3. The molecule has 9 nitrogen and oxygen atoms in total. The molecular formula is C30H33ClFN7O2. The minimum Gasteiger partial charge on any atom is -0.352 e. The van der Waals surface area contributed by atoms with Crippen LogP contribution in [-0.4, -0.2) is 61.5 Å². The number of carbonyl (C=O) groups is 1. The SMILES string of the molecule is C=C/C=C(\C(=C)F)c1nc2c(cc1Cl)c(N1CCN(C(=O)C=C)CC1)nc(=O)n2-c1c(C(C)C)ncnc1C(C)C. The number of hydrogen-bond donors (Lipinski definition) is 0. The van der Waals surface area contributed by atoms with Gasteiger partial charge >= 0.3 is 5.69 Å². The monoisotopic (exact) mass is 577 g/mol. The molecule has 41 heavy (non-hydrogen) atoms. The normalized spacial score (nSPS) is 14.2. The molecule has 0 atom stereocenters. The van der Waals surface area contributed by atoms with Crippen LogP contribution in [0.15, 0.2) is 61.0 Å². The lowest BCUT2D eigenvalue weighted by Gasteiger charge is -2.35. The third-order valence-corrected chi connectivity index (χ3v) is 7.18. The van der Waals surface area contributed by atoms with Crippen LogP contribution in [0, 0.1) is 0 Å². The molecule has 4 rings (SSSR count). The highest BCUT2D eigenvalue weighted by Crippen LogP contribution is 2.36. The highest BCUT2D eigenvalue weighted by Gasteiger charge is 2.28. The van der Waals surface area contributed by atoms with Crippen LogP contribution in [0.5, 0.6) is 0 Å². The molecule has 3 aromatic heterocycles. The third kappa shape index (κ3) is 5.69. The standard InChI is InChI=1S/C30H33ClFN7O2/c1-8-10-20(19(7)32)26-22(31)15-21-28(38-13-11-37(12-14-38)23(40)9-2)36-30(41)39(29(21)35-26)27-24(17(3)4)33-16-34-25(27)18(5)6/h8-10,15-18H,1-2,7,11-14H2,3-6H3/b20-10+. The van der Waals surface area contributed by atoms with Crippen LogP contribution in [0.2, 0.25) is 5.02 Å². The van der Waals surface area contributed by atoms with E-state index in [-0.39, 0.29) is 39.7 Å². The van der Waals surface area contributed by atoms with Gasteiger partial charge in [0.25, 0.3) is 0 Å². The Labute approximate surface area is 243 Å². The molecular weight excluding hydrogens is 545 g/mol. The van der Waals surface area contributed by atoms with E-state index >= 15 is 0 Å². The van der Waals surface area contributed by atoms with Gasteiger partial charge < -0.3 is 9.80 Å². The van der Waals surface area contributed by atoms with Gasteiger partial charge in [0.2, 0.25) is 5.91 Å². The van der Waals surface area contributed by atoms with Crippen LogP contribution in [-0.2, 0) is 4.79 Å². The topological polar surface area (TPSA) is 97.1 Å². The lowest BCUT2D eigenvalue weighted by molar-refractivity contribution is -0.126. The van der Waals surface area contributed by atoms with Crippen molar-refractivity contribution in [1.82, 2.24) is 29.4 Å². The molecule has 0 saturated carbocycles. The van der Waals surface area contributed by atoms with Gasteiger partial charge in [-0.1, -0.05) is 71.2 Å². The van der Waals surface area contributed by atoms with Crippen LogP contribution >= 0.6 is 11.6 Å². The predicted octanol–water partition coefficient (Wildman–Crippen LogP) is 5.36. The minimum atomic E-state index is -0.751. The zero-order valence-corrected chi connectivity index (χ0v) is 24.5. The van der Waals surface area contributed by atoms with E-state index < -0.39 is 11.5 Å². The van der Waals surface area contributed by atoms with E-state index in [1.54, 1.807) is 11.0 Å². The number of piperazine rings is 1. The van der Waals surface area contributed by atoms with Crippen LogP contribution in [0.3, 0.4) is 0 Å². The maximum Gasteiger partial charge on any atom is 0.355 e. The van der Waals surface area contributed by atoms with Gasteiger partial charge in [-0.25, -0.2) is 28.7 Å². The quantitative estimate of drug-likeness (QED) is 0.263. The number of hydrogen-bond acceptors (Lipinski definition) is 7. The van der Waals surface area contributed by atoms with E-state index in [4.69, 9.17) is 16.6 Å². The predicted molar refractivity (Wildman–Crippen MR) is 161 cm³/mol. The van der Waals surface area contributed by atoms with Gasteiger partial charge in [0.15, 0.2) is 5.65 Å². The molecule has 0 bridgehead atoms. The van der Waals surface area contributed by atoms with Crippen molar-refractivity contribution in [2.45, 2.75) is 39.5 Å². The summed E-state index contributed by atoms with van der Waals surface area (Å²) in [7, 11) is 0. The molecule has 1 aliphatic rings. The fourth-order valence-corrected chi connectivity index (χ4v) is 5.15. The smallest absolute Gasteiger partial charge is 0.352 e. The maximum absolute atomic E-state index is 14.6. The van der Waals surface area contributed by atoms with E-state index in [9.17, 15) is 14.0 Å². The Bertz CT molecular complexity index is 1610. The molecule has 4 heterocycles. The Morgan fingerprint density at radius 3 is 2.17 bits per heavy atom. The summed E-state index contributed by atoms with van der Waals surface area (Å²) in [5.74, 6) is -0.659. The summed E-state index contributed by atoms with van der Waals surface area (Å²) >= 11 is 6.71. The number of carbonyl (C=O) groups excluding carboxylic acids is 1. The number of allylic oxidation sites excluding steroid dienone is 4. The molecule has 11 heteroatoms.